The highest BCUT2D eigenvalue weighted by molar-refractivity contribution is 5.16. The monoisotopic (exact) mass is 230 g/mol. The molecule has 1 heterocycles. The molecule has 1 saturated heterocycles. The molecule has 1 saturated carbocycles. The van der Waals surface area contributed by atoms with Gasteiger partial charge in [0.15, 0.2) is 0 Å². The van der Waals surface area contributed by atoms with Crippen LogP contribution in [0.2, 0.25) is 0 Å². The van der Waals surface area contributed by atoms with Crippen LogP contribution in [0, 0.1) is 0 Å². The Hall–Kier alpha value is -0.860. The van der Waals surface area contributed by atoms with Crippen LogP contribution >= 0.6 is 0 Å². The van der Waals surface area contributed by atoms with Gasteiger partial charge in [-0.05, 0) is 31.7 Å². The highest BCUT2D eigenvalue weighted by Gasteiger charge is 2.44. The third-order valence-corrected chi connectivity index (χ3v) is 4.32. The van der Waals surface area contributed by atoms with Crippen molar-refractivity contribution in [3.8, 4) is 0 Å². The molecule has 17 heavy (non-hydrogen) atoms. The lowest BCUT2D eigenvalue weighted by molar-refractivity contribution is 0.138. The molecule has 1 unspecified atom stereocenters. The molecule has 1 aliphatic carbocycles. The summed E-state index contributed by atoms with van der Waals surface area (Å²) in [5, 5.41) is 3.66. The SMILES string of the molecule is CC1(N2CCNC(Cc3ccccc3)C2)CC1. The molecule has 1 N–H and O–H groups in total. The summed E-state index contributed by atoms with van der Waals surface area (Å²) in [4.78, 5) is 2.69. The maximum absolute atomic E-state index is 3.66. The number of piperazine rings is 1. The van der Waals surface area contributed by atoms with Crippen LogP contribution in [0.15, 0.2) is 30.3 Å². The molecule has 92 valence electrons. The first kappa shape index (κ1) is 11.2. The van der Waals surface area contributed by atoms with Crippen LogP contribution in [0.25, 0.3) is 0 Å². The molecule has 1 aliphatic heterocycles. The molecule has 1 aromatic rings. The van der Waals surface area contributed by atoms with Crippen LogP contribution in [0.1, 0.15) is 25.3 Å². The van der Waals surface area contributed by atoms with E-state index in [0.717, 1.165) is 13.0 Å². The van der Waals surface area contributed by atoms with E-state index in [0.29, 0.717) is 11.6 Å². The van der Waals surface area contributed by atoms with Crippen molar-refractivity contribution in [1.82, 2.24) is 10.2 Å². The molecule has 2 aliphatic rings. The summed E-state index contributed by atoms with van der Waals surface area (Å²) in [7, 11) is 0. The number of hydrogen-bond donors (Lipinski definition) is 1. The second-order valence-electron chi connectivity index (χ2n) is 5.78. The lowest BCUT2D eigenvalue weighted by atomic mass is 10.0. The fourth-order valence-electron chi connectivity index (χ4n) is 2.85. The van der Waals surface area contributed by atoms with Crippen LogP contribution in [-0.4, -0.2) is 36.1 Å². The Morgan fingerprint density at radius 2 is 2.06 bits per heavy atom. The average molecular weight is 230 g/mol. The first-order valence-electron chi connectivity index (χ1n) is 6.79. The molecule has 2 nitrogen and oxygen atoms in total. The van der Waals surface area contributed by atoms with Gasteiger partial charge in [0.05, 0.1) is 0 Å². The van der Waals surface area contributed by atoms with Crippen molar-refractivity contribution in [3.05, 3.63) is 35.9 Å². The highest BCUT2D eigenvalue weighted by atomic mass is 15.3. The minimum atomic E-state index is 0.539. The number of benzene rings is 1. The van der Waals surface area contributed by atoms with E-state index in [4.69, 9.17) is 0 Å². The van der Waals surface area contributed by atoms with Gasteiger partial charge in [0.2, 0.25) is 0 Å². The van der Waals surface area contributed by atoms with E-state index in [-0.39, 0.29) is 0 Å². The Labute approximate surface area is 104 Å². The summed E-state index contributed by atoms with van der Waals surface area (Å²) in [6.07, 6.45) is 3.95. The van der Waals surface area contributed by atoms with Gasteiger partial charge in [-0.25, -0.2) is 0 Å². The zero-order valence-corrected chi connectivity index (χ0v) is 10.7. The fourth-order valence-corrected chi connectivity index (χ4v) is 2.85. The largest absolute Gasteiger partial charge is 0.311 e. The second-order valence-corrected chi connectivity index (χ2v) is 5.78. The third-order valence-electron chi connectivity index (χ3n) is 4.32. The van der Waals surface area contributed by atoms with Crippen LogP contribution in [0.3, 0.4) is 0 Å². The van der Waals surface area contributed by atoms with Crippen molar-refractivity contribution < 1.29 is 0 Å². The quantitative estimate of drug-likeness (QED) is 0.855. The fraction of sp³-hybridized carbons (Fsp3) is 0.600. The normalized spacial score (nSPS) is 27.9. The van der Waals surface area contributed by atoms with Gasteiger partial charge in [-0.3, -0.25) is 4.90 Å². The lowest BCUT2D eigenvalue weighted by Crippen LogP contribution is -2.54. The Kier molecular flexibility index (Phi) is 2.93. The molecular formula is C15H22N2. The highest BCUT2D eigenvalue weighted by Crippen LogP contribution is 2.41. The molecule has 0 aromatic heterocycles. The van der Waals surface area contributed by atoms with Crippen molar-refractivity contribution in [2.75, 3.05) is 19.6 Å². The predicted molar refractivity (Wildman–Crippen MR) is 71.1 cm³/mol. The molecule has 0 spiro atoms. The molecule has 0 amide bonds. The first-order chi connectivity index (χ1) is 8.26. The third kappa shape index (κ3) is 2.53. The van der Waals surface area contributed by atoms with Crippen LogP contribution in [0.5, 0.6) is 0 Å². The topological polar surface area (TPSA) is 15.3 Å². The van der Waals surface area contributed by atoms with E-state index in [1.807, 2.05) is 0 Å². The molecule has 2 heteroatoms. The van der Waals surface area contributed by atoms with Gasteiger partial charge < -0.3 is 5.32 Å². The van der Waals surface area contributed by atoms with Crippen molar-refractivity contribution in [2.24, 2.45) is 0 Å². The van der Waals surface area contributed by atoms with E-state index in [1.54, 1.807) is 0 Å². The van der Waals surface area contributed by atoms with Crippen LogP contribution in [-0.2, 0) is 6.42 Å². The molecular weight excluding hydrogens is 208 g/mol. The molecule has 3 rings (SSSR count). The van der Waals surface area contributed by atoms with Crippen molar-refractivity contribution >= 4 is 0 Å². The summed E-state index contributed by atoms with van der Waals surface area (Å²) in [6.45, 7) is 6.00. The van der Waals surface area contributed by atoms with Crippen molar-refractivity contribution in [3.63, 3.8) is 0 Å². The average Bonchev–Trinajstić information content (AvgIpc) is 3.11. The van der Waals surface area contributed by atoms with Gasteiger partial charge in [-0.1, -0.05) is 30.3 Å². The van der Waals surface area contributed by atoms with E-state index in [9.17, 15) is 0 Å². The number of nitrogens with one attached hydrogen (secondary N) is 1. The smallest absolute Gasteiger partial charge is 0.0236 e. The van der Waals surface area contributed by atoms with E-state index in [1.165, 1.54) is 31.5 Å². The van der Waals surface area contributed by atoms with Crippen LogP contribution < -0.4 is 5.32 Å². The van der Waals surface area contributed by atoms with Gasteiger partial charge in [-0.2, -0.15) is 0 Å². The van der Waals surface area contributed by atoms with Gasteiger partial charge in [0.1, 0.15) is 0 Å². The number of nitrogens with zero attached hydrogens (tertiary/aromatic N) is 1. The Bertz CT molecular complexity index is 370. The second kappa shape index (κ2) is 4.43. The van der Waals surface area contributed by atoms with Crippen molar-refractivity contribution in [1.29, 1.82) is 0 Å². The minimum Gasteiger partial charge on any atom is -0.311 e. The molecule has 2 fully saturated rings. The zero-order chi connectivity index (χ0) is 11.7. The maximum atomic E-state index is 3.66. The first-order valence-corrected chi connectivity index (χ1v) is 6.79. The number of rotatable bonds is 3. The summed E-state index contributed by atoms with van der Waals surface area (Å²) in [5.41, 5.74) is 1.99. The number of hydrogen-bond acceptors (Lipinski definition) is 2. The molecule has 1 aromatic carbocycles. The zero-order valence-electron chi connectivity index (χ0n) is 10.7. The Balaban J connectivity index is 1.60. The summed E-state index contributed by atoms with van der Waals surface area (Å²) in [6, 6.07) is 11.5. The van der Waals surface area contributed by atoms with Gasteiger partial charge >= 0.3 is 0 Å². The van der Waals surface area contributed by atoms with Gasteiger partial charge in [-0.15, -0.1) is 0 Å². The lowest BCUT2D eigenvalue weighted by Gasteiger charge is -2.38. The van der Waals surface area contributed by atoms with Gasteiger partial charge in [0, 0.05) is 31.2 Å². The predicted octanol–water partition coefficient (Wildman–Crippen LogP) is 2.06. The Morgan fingerprint density at radius 1 is 1.29 bits per heavy atom. The molecule has 0 radical (unpaired) electrons. The summed E-state index contributed by atoms with van der Waals surface area (Å²) in [5.74, 6) is 0. The molecule has 1 atom stereocenters. The van der Waals surface area contributed by atoms with Gasteiger partial charge in [0.25, 0.3) is 0 Å². The van der Waals surface area contributed by atoms with E-state index < -0.39 is 0 Å². The summed E-state index contributed by atoms with van der Waals surface area (Å²) < 4.78 is 0. The maximum Gasteiger partial charge on any atom is 0.0236 e. The van der Waals surface area contributed by atoms with E-state index in [2.05, 4.69) is 47.5 Å². The minimum absolute atomic E-state index is 0.539. The standard InChI is InChI=1S/C15H22N2/c1-15(7-8-15)17-10-9-16-14(12-17)11-13-5-3-2-4-6-13/h2-6,14,16H,7-12H2,1H3. The van der Waals surface area contributed by atoms with Crippen molar-refractivity contribution in [2.45, 2.75) is 37.8 Å². The van der Waals surface area contributed by atoms with Crippen LogP contribution in [0.4, 0.5) is 0 Å². The molecule has 0 bridgehead atoms. The Morgan fingerprint density at radius 3 is 2.76 bits per heavy atom. The van der Waals surface area contributed by atoms with E-state index >= 15 is 0 Å². The summed E-state index contributed by atoms with van der Waals surface area (Å²) >= 11 is 0.